The van der Waals surface area contributed by atoms with E-state index in [9.17, 15) is 9.59 Å². The fourth-order valence-electron chi connectivity index (χ4n) is 1.93. The Balaban J connectivity index is 2.03. The van der Waals surface area contributed by atoms with E-state index in [0.29, 0.717) is 5.69 Å². The van der Waals surface area contributed by atoms with Gasteiger partial charge in [-0.05, 0) is 23.1 Å². The zero-order chi connectivity index (χ0) is 16.3. The molecule has 2 N–H and O–H groups in total. The fraction of sp³-hybridized carbons (Fsp3) is 0.333. The van der Waals surface area contributed by atoms with E-state index in [4.69, 9.17) is 5.11 Å². The van der Waals surface area contributed by atoms with Gasteiger partial charge in [0.05, 0.1) is 6.20 Å². The highest BCUT2D eigenvalue weighted by molar-refractivity contribution is 5.91. The summed E-state index contributed by atoms with van der Waals surface area (Å²) in [5.74, 6) is -1.54. The van der Waals surface area contributed by atoms with Crippen molar-refractivity contribution in [2.24, 2.45) is 0 Å². The van der Waals surface area contributed by atoms with E-state index in [1.165, 1.54) is 0 Å². The van der Waals surface area contributed by atoms with Crippen LogP contribution in [-0.2, 0) is 16.8 Å². The molecule has 1 amide bonds. The molecule has 0 spiro atoms. The molecule has 7 heteroatoms. The van der Waals surface area contributed by atoms with Crippen molar-refractivity contribution in [3.63, 3.8) is 0 Å². The SMILES string of the molecule is CC(C)(C)c1ccc(NC(=O)Cn2nncc2C(=O)O)cc1. The smallest absolute Gasteiger partial charge is 0.355 e. The van der Waals surface area contributed by atoms with Crippen LogP contribution in [0.2, 0.25) is 0 Å². The molecule has 0 atom stereocenters. The first kappa shape index (κ1) is 15.7. The van der Waals surface area contributed by atoms with Gasteiger partial charge in [-0.15, -0.1) is 5.10 Å². The molecule has 0 aliphatic rings. The van der Waals surface area contributed by atoms with Gasteiger partial charge in [-0.25, -0.2) is 9.48 Å². The molecular weight excluding hydrogens is 284 g/mol. The number of benzene rings is 1. The van der Waals surface area contributed by atoms with Crippen molar-refractivity contribution in [1.29, 1.82) is 0 Å². The molecule has 0 fully saturated rings. The minimum Gasteiger partial charge on any atom is -0.476 e. The Morgan fingerprint density at radius 2 is 1.86 bits per heavy atom. The summed E-state index contributed by atoms with van der Waals surface area (Å²) in [5, 5.41) is 18.7. The quantitative estimate of drug-likeness (QED) is 0.899. The third-order valence-electron chi connectivity index (χ3n) is 3.16. The molecule has 2 rings (SSSR count). The maximum absolute atomic E-state index is 11.9. The van der Waals surface area contributed by atoms with Crippen LogP contribution in [-0.4, -0.2) is 32.0 Å². The lowest BCUT2D eigenvalue weighted by Crippen LogP contribution is -2.22. The van der Waals surface area contributed by atoms with Crippen molar-refractivity contribution >= 4 is 17.6 Å². The van der Waals surface area contributed by atoms with Gasteiger partial charge in [0, 0.05) is 5.69 Å². The van der Waals surface area contributed by atoms with Gasteiger partial charge in [0.25, 0.3) is 0 Å². The first-order chi connectivity index (χ1) is 10.3. The number of carboxylic acid groups (broad SMARTS) is 1. The van der Waals surface area contributed by atoms with Gasteiger partial charge < -0.3 is 10.4 Å². The van der Waals surface area contributed by atoms with Crippen LogP contribution in [0.1, 0.15) is 36.8 Å². The number of carbonyl (C=O) groups excluding carboxylic acids is 1. The molecule has 116 valence electrons. The second kappa shape index (κ2) is 5.97. The molecule has 0 saturated heterocycles. The summed E-state index contributed by atoms with van der Waals surface area (Å²) < 4.78 is 1.04. The van der Waals surface area contributed by atoms with E-state index in [0.717, 1.165) is 16.4 Å². The van der Waals surface area contributed by atoms with Crippen LogP contribution < -0.4 is 5.32 Å². The van der Waals surface area contributed by atoms with Crippen molar-refractivity contribution in [3.05, 3.63) is 41.7 Å². The monoisotopic (exact) mass is 302 g/mol. The second-order valence-electron chi connectivity index (χ2n) is 5.96. The minimum atomic E-state index is -1.17. The van der Waals surface area contributed by atoms with Gasteiger partial charge >= 0.3 is 5.97 Å². The van der Waals surface area contributed by atoms with Gasteiger partial charge in [-0.3, -0.25) is 4.79 Å². The molecule has 0 unspecified atom stereocenters. The molecule has 2 aromatic rings. The normalized spacial score (nSPS) is 11.2. The van der Waals surface area contributed by atoms with E-state index in [-0.39, 0.29) is 23.6 Å². The Bertz CT molecular complexity index is 684. The molecule has 0 bridgehead atoms. The number of carboxylic acids is 1. The molecule has 1 aromatic carbocycles. The Kier molecular flexibility index (Phi) is 4.25. The third kappa shape index (κ3) is 3.69. The maximum Gasteiger partial charge on any atom is 0.355 e. The summed E-state index contributed by atoms with van der Waals surface area (Å²) in [6.07, 6.45) is 1.10. The lowest BCUT2D eigenvalue weighted by molar-refractivity contribution is -0.116. The summed E-state index contributed by atoms with van der Waals surface area (Å²) in [7, 11) is 0. The Morgan fingerprint density at radius 3 is 2.41 bits per heavy atom. The molecule has 0 saturated carbocycles. The van der Waals surface area contributed by atoms with Crippen LogP contribution in [0.4, 0.5) is 5.69 Å². The Labute approximate surface area is 128 Å². The highest BCUT2D eigenvalue weighted by Crippen LogP contribution is 2.23. The van der Waals surface area contributed by atoms with E-state index in [1.807, 2.05) is 24.3 Å². The number of nitrogens with zero attached hydrogens (tertiary/aromatic N) is 3. The first-order valence-electron chi connectivity index (χ1n) is 6.79. The Hall–Kier alpha value is -2.70. The highest BCUT2D eigenvalue weighted by atomic mass is 16.4. The van der Waals surface area contributed by atoms with Gasteiger partial charge in [-0.1, -0.05) is 38.1 Å². The van der Waals surface area contributed by atoms with E-state index in [1.54, 1.807) is 0 Å². The van der Waals surface area contributed by atoms with E-state index < -0.39 is 5.97 Å². The number of nitrogens with one attached hydrogen (secondary N) is 1. The number of aromatic nitrogens is 3. The van der Waals surface area contributed by atoms with Crippen LogP contribution in [0, 0.1) is 0 Å². The van der Waals surface area contributed by atoms with Crippen molar-refractivity contribution in [3.8, 4) is 0 Å². The molecule has 7 nitrogen and oxygen atoms in total. The maximum atomic E-state index is 11.9. The Morgan fingerprint density at radius 1 is 1.23 bits per heavy atom. The zero-order valence-electron chi connectivity index (χ0n) is 12.7. The lowest BCUT2D eigenvalue weighted by Gasteiger charge is -2.19. The van der Waals surface area contributed by atoms with Gasteiger partial charge in [0.15, 0.2) is 5.69 Å². The number of anilines is 1. The molecular formula is C15H18N4O3. The first-order valence-corrected chi connectivity index (χ1v) is 6.79. The average molecular weight is 302 g/mol. The lowest BCUT2D eigenvalue weighted by atomic mass is 9.87. The number of aromatic carboxylic acids is 1. The molecule has 0 aliphatic carbocycles. The predicted molar refractivity (Wildman–Crippen MR) is 80.8 cm³/mol. The van der Waals surface area contributed by atoms with Gasteiger partial charge in [0.1, 0.15) is 6.54 Å². The summed E-state index contributed by atoms with van der Waals surface area (Å²) in [5.41, 5.74) is 1.72. The van der Waals surface area contributed by atoms with Crippen LogP contribution in [0.5, 0.6) is 0 Å². The number of carbonyl (C=O) groups is 2. The summed E-state index contributed by atoms with van der Waals surface area (Å²) in [6.45, 7) is 6.12. The van der Waals surface area contributed by atoms with Crippen LogP contribution in [0.15, 0.2) is 30.5 Å². The van der Waals surface area contributed by atoms with Crippen LogP contribution in [0.3, 0.4) is 0 Å². The predicted octanol–water partition coefficient (Wildman–Crippen LogP) is 1.91. The molecule has 22 heavy (non-hydrogen) atoms. The third-order valence-corrected chi connectivity index (χ3v) is 3.16. The average Bonchev–Trinajstić information content (AvgIpc) is 2.86. The number of hydrogen-bond acceptors (Lipinski definition) is 4. The van der Waals surface area contributed by atoms with Crippen molar-refractivity contribution in [1.82, 2.24) is 15.0 Å². The topological polar surface area (TPSA) is 97.1 Å². The zero-order valence-corrected chi connectivity index (χ0v) is 12.7. The standard InChI is InChI=1S/C15H18N4O3/c1-15(2,3)10-4-6-11(7-5-10)17-13(20)9-19-12(14(21)22)8-16-18-19/h4-8H,9H2,1-3H3,(H,17,20)(H,21,22). The van der Waals surface area contributed by atoms with E-state index in [2.05, 4.69) is 36.4 Å². The number of hydrogen-bond donors (Lipinski definition) is 2. The highest BCUT2D eigenvalue weighted by Gasteiger charge is 2.15. The van der Waals surface area contributed by atoms with Crippen molar-refractivity contribution < 1.29 is 14.7 Å². The van der Waals surface area contributed by atoms with E-state index >= 15 is 0 Å². The summed E-state index contributed by atoms with van der Waals surface area (Å²) in [4.78, 5) is 22.9. The summed E-state index contributed by atoms with van der Waals surface area (Å²) >= 11 is 0. The minimum absolute atomic E-state index is 0.0413. The molecule has 1 heterocycles. The van der Waals surface area contributed by atoms with Gasteiger partial charge in [0.2, 0.25) is 5.91 Å². The fourth-order valence-corrected chi connectivity index (χ4v) is 1.93. The molecule has 1 aromatic heterocycles. The van der Waals surface area contributed by atoms with Crippen molar-refractivity contribution in [2.75, 3.05) is 5.32 Å². The number of amides is 1. The van der Waals surface area contributed by atoms with Crippen LogP contribution >= 0.6 is 0 Å². The summed E-state index contributed by atoms with van der Waals surface area (Å²) in [6, 6.07) is 7.54. The van der Waals surface area contributed by atoms with Gasteiger partial charge in [-0.2, -0.15) is 0 Å². The molecule has 0 aliphatic heterocycles. The second-order valence-corrected chi connectivity index (χ2v) is 5.96. The largest absolute Gasteiger partial charge is 0.476 e. The molecule has 0 radical (unpaired) electrons. The number of rotatable bonds is 4. The van der Waals surface area contributed by atoms with Crippen LogP contribution in [0.25, 0.3) is 0 Å². The van der Waals surface area contributed by atoms with Crippen molar-refractivity contribution in [2.45, 2.75) is 32.7 Å².